The molecule has 2 aromatic carbocycles. The fourth-order valence-corrected chi connectivity index (χ4v) is 2.09. The second-order valence-corrected chi connectivity index (χ2v) is 5.22. The summed E-state index contributed by atoms with van der Waals surface area (Å²) >= 11 is 0. The Morgan fingerprint density at radius 3 is 2.10 bits per heavy atom. The number of hydrogen-bond donors (Lipinski definition) is 1. The maximum Gasteiger partial charge on any atom is 0.358 e. The molecule has 0 radical (unpaired) electrons. The minimum absolute atomic E-state index is 0.0174. The average Bonchev–Trinajstić information content (AvgIpc) is 2.47. The maximum absolute atomic E-state index is 11.7. The summed E-state index contributed by atoms with van der Waals surface area (Å²) in [4.78, 5) is -0.0174. The molecule has 0 heterocycles. The number of benzene rings is 2. The molecule has 0 aliphatic heterocycles. The van der Waals surface area contributed by atoms with E-state index < -0.39 is 16.1 Å². The van der Waals surface area contributed by atoms with Gasteiger partial charge in [-0.15, -0.1) is 0 Å². The molecule has 20 heavy (non-hydrogen) atoms. The molecular weight excluding hydrogens is 280 g/mol. The summed E-state index contributed by atoms with van der Waals surface area (Å²) < 4.78 is 33.0. The van der Waals surface area contributed by atoms with Crippen molar-refractivity contribution in [2.75, 3.05) is 0 Å². The first-order valence-corrected chi connectivity index (χ1v) is 7.04. The van der Waals surface area contributed by atoms with E-state index in [-0.39, 0.29) is 4.90 Å². The molecule has 104 valence electrons. The Balaban J connectivity index is 2.05. The Bertz CT molecular complexity index is 685. The van der Waals surface area contributed by atoms with Gasteiger partial charge < -0.3 is 10.5 Å². The number of oxime groups is 1. The number of hydrogen-bond acceptors (Lipinski definition) is 5. The van der Waals surface area contributed by atoms with Crippen molar-refractivity contribution in [1.29, 1.82) is 0 Å². The van der Waals surface area contributed by atoms with Crippen molar-refractivity contribution in [2.45, 2.75) is 4.90 Å². The van der Waals surface area contributed by atoms with E-state index in [1.165, 1.54) is 12.1 Å². The molecule has 2 N–H and O–H groups in total. The highest BCUT2D eigenvalue weighted by atomic mass is 32.2. The van der Waals surface area contributed by atoms with Crippen LogP contribution in [0.3, 0.4) is 0 Å². The Hall–Kier alpha value is -2.54. The molecule has 0 atom stereocenters. The molecule has 0 aliphatic rings. The van der Waals surface area contributed by atoms with Gasteiger partial charge in [0.2, 0.25) is 0 Å². The van der Waals surface area contributed by atoms with Crippen LogP contribution in [-0.2, 0) is 14.4 Å². The van der Waals surface area contributed by atoms with E-state index in [2.05, 4.69) is 9.44 Å². The van der Waals surface area contributed by atoms with Crippen LogP contribution in [0, 0.1) is 0 Å². The van der Waals surface area contributed by atoms with Gasteiger partial charge in [0.25, 0.3) is 0 Å². The summed E-state index contributed by atoms with van der Waals surface area (Å²) in [6.07, 6.45) is 0. The fourth-order valence-electron chi connectivity index (χ4n) is 1.34. The summed E-state index contributed by atoms with van der Waals surface area (Å²) in [5, 5.41) is 3.25. The van der Waals surface area contributed by atoms with Gasteiger partial charge in [0, 0.05) is 0 Å². The van der Waals surface area contributed by atoms with Gasteiger partial charge in [0.1, 0.15) is 10.6 Å². The maximum atomic E-state index is 11.7. The van der Waals surface area contributed by atoms with Gasteiger partial charge in [-0.05, 0) is 29.4 Å². The predicted octanol–water partition coefficient (Wildman–Crippen LogP) is 1.70. The van der Waals surface area contributed by atoms with E-state index in [4.69, 9.17) is 10.5 Å². The monoisotopic (exact) mass is 292 g/mol. The Kier molecular flexibility index (Phi) is 4.21. The molecule has 0 aromatic heterocycles. The van der Waals surface area contributed by atoms with Crippen LogP contribution in [0.5, 0.6) is 5.75 Å². The van der Waals surface area contributed by atoms with E-state index in [9.17, 15) is 8.42 Å². The second-order valence-electron chi connectivity index (χ2n) is 3.69. The lowest BCUT2D eigenvalue weighted by Crippen LogP contribution is -2.20. The number of rotatable bonds is 4. The fraction of sp³-hybridized carbons (Fsp3) is 0. The zero-order valence-electron chi connectivity index (χ0n) is 10.3. The third-order valence-corrected chi connectivity index (χ3v) is 3.34. The minimum Gasteiger partial charge on any atom is -0.424 e. The zero-order chi connectivity index (χ0) is 14.4. The SMILES string of the molecule is NC(=NOS(=O)(=O)c1ccccc1)Oc1ccccc1. The van der Waals surface area contributed by atoms with Gasteiger partial charge in [-0.2, -0.15) is 8.42 Å². The third-order valence-electron chi connectivity index (χ3n) is 2.22. The van der Waals surface area contributed by atoms with E-state index in [0.29, 0.717) is 5.75 Å². The van der Waals surface area contributed by atoms with E-state index in [1.54, 1.807) is 48.5 Å². The van der Waals surface area contributed by atoms with Gasteiger partial charge >= 0.3 is 16.1 Å². The van der Waals surface area contributed by atoms with Crippen molar-refractivity contribution in [3.05, 3.63) is 60.7 Å². The standard InChI is InChI=1S/C13H12N2O4S/c14-13(18-11-7-3-1-4-8-11)15-19-20(16,17)12-9-5-2-6-10-12/h1-10H,(H2,14,15). The van der Waals surface area contributed by atoms with Crippen LogP contribution in [0.1, 0.15) is 0 Å². The summed E-state index contributed by atoms with van der Waals surface area (Å²) in [6.45, 7) is 0. The molecule has 2 rings (SSSR count). The van der Waals surface area contributed by atoms with E-state index in [1.807, 2.05) is 0 Å². The van der Waals surface area contributed by atoms with Crippen molar-refractivity contribution >= 4 is 16.1 Å². The number of nitrogens with two attached hydrogens (primary N) is 1. The molecule has 0 aliphatic carbocycles. The number of ether oxygens (including phenoxy) is 1. The van der Waals surface area contributed by atoms with Crippen molar-refractivity contribution in [3.63, 3.8) is 0 Å². The van der Waals surface area contributed by atoms with E-state index in [0.717, 1.165) is 0 Å². The Labute approximate surface area is 116 Å². The molecule has 0 fully saturated rings. The molecule has 0 saturated heterocycles. The zero-order valence-corrected chi connectivity index (χ0v) is 11.2. The number of para-hydroxylation sites is 1. The molecule has 0 unspecified atom stereocenters. The molecule has 7 heteroatoms. The average molecular weight is 292 g/mol. The number of nitrogens with zero attached hydrogens (tertiary/aromatic N) is 1. The van der Waals surface area contributed by atoms with Crippen molar-refractivity contribution in [3.8, 4) is 5.75 Å². The van der Waals surface area contributed by atoms with Gasteiger partial charge in [0.15, 0.2) is 0 Å². The second kappa shape index (κ2) is 6.07. The molecule has 0 amide bonds. The van der Waals surface area contributed by atoms with Gasteiger partial charge in [-0.3, -0.25) is 4.28 Å². The molecule has 0 saturated carbocycles. The van der Waals surface area contributed by atoms with Crippen molar-refractivity contribution in [1.82, 2.24) is 0 Å². The summed E-state index contributed by atoms with van der Waals surface area (Å²) in [6, 6.07) is 15.8. The van der Waals surface area contributed by atoms with Gasteiger partial charge in [0.05, 0.1) is 0 Å². The van der Waals surface area contributed by atoms with Crippen LogP contribution >= 0.6 is 0 Å². The lowest BCUT2D eigenvalue weighted by Gasteiger charge is -2.04. The number of amidine groups is 1. The molecule has 0 spiro atoms. The predicted molar refractivity (Wildman–Crippen MR) is 73.4 cm³/mol. The summed E-state index contributed by atoms with van der Waals surface area (Å²) in [7, 11) is -4.00. The molecule has 6 nitrogen and oxygen atoms in total. The Morgan fingerprint density at radius 1 is 0.950 bits per heavy atom. The lowest BCUT2D eigenvalue weighted by molar-refractivity contribution is 0.324. The van der Waals surface area contributed by atoms with Crippen LogP contribution < -0.4 is 10.5 Å². The normalized spacial score (nSPS) is 11.9. The van der Waals surface area contributed by atoms with Gasteiger partial charge in [-0.25, -0.2) is 0 Å². The third kappa shape index (κ3) is 3.72. The van der Waals surface area contributed by atoms with Crippen LogP contribution in [0.2, 0.25) is 0 Å². The van der Waals surface area contributed by atoms with Crippen LogP contribution in [0.4, 0.5) is 0 Å². The first-order chi connectivity index (χ1) is 9.58. The van der Waals surface area contributed by atoms with Crippen LogP contribution in [0.15, 0.2) is 70.7 Å². The lowest BCUT2D eigenvalue weighted by atomic mass is 10.3. The van der Waals surface area contributed by atoms with Crippen LogP contribution in [0.25, 0.3) is 0 Å². The molecular formula is C13H12N2O4S. The highest BCUT2D eigenvalue weighted by molar-refractivity contribution is 7.86. The summed E-state index contributed by atoms with van der Waals surface area (Å²) in [5.74, 6) is 0.425. The summed E-state index contributed by atoms with van der Waals surface area (Å²) in [5.41, 5.74) is 5.43. The van der Waals surface area contributed by atoms with Crippen LogP contribution in [-0.4, -0.2) is 14.4 Å². The first-order valence-electron chi connectivity index (χ1n) is 5.63. The van der Waals surface area contributed by atoms with Crippen molar-refractivity contribution < 1.29 is 17.4 Å². The quantitative estimate of drug-likeness (QED) is 0.526. The van der Waals surface area contributed by atoms with Gasteiger partial charge in [-0.1, -0.05) is 36.4 Å². The first kappa shape index (κ1) is 13.9. The van der Waals surface area contributed by atoms with E-state index >= 15 is 0 Å². The molecule has 2 aromatic rings. The minimum atomic E-state index is -4.00. The van der Waals surface area contributed by atoms with Crippen molar-refractivity contribution in [2.24, 2.45) is 10.9 Å². The largest absolute Gasteiger partial charge is 0.424 e. The smallest absolute Gasteiger partial charge is 0.358 e. The highest BCUT2D eigenvalue weighted by Crippen LogP contribution is 2.12. The molecule has 0 bridgehead atoms. The topological polar surface area (TPSA) is 91.0 Å². The highest BCUT2D eigenvalue weighted by Gasteiger charge is 2.15. The Morgan fingerprint density at radius 2 is 1.50 bits per heavy atom.